The number of nitrogens with zero attached hydrogens (tertiary/aromatic N) is 3. The molecule has 0 spiro atoms. The van der Waals surface area contributed by atoms with Gasteiger partial charge in [0, 0.05) is 47.6 Å². The molecule has 0 saturated carbocycles. The van der Waals surface area contributed by atoms with Crippen molar-refractivity contribution in [1.82, 2.24) is 15.0 Å². The summed E-state index contributed by atoms with van der Waals surface area (Å²) in [5, 5.41) is 3.81. The topological polar surface area (TPSA) is 50.7 Å². The summed E-state index contributed by atoms with van der Waals surface area (Å²) in [6.07, 6.45) is 3.34. The van der Waals surface area contributed by atoms with Crippen molar-refractivity contribution in [3.05, 3.63) is 72.6 Å². The fourth-order valence-electron chi connectivity index (χ4n) is 2.89. The van der Waals surface area contributed by atoms with E-state index in [9.17, 15) is 8.78 Å². The van der Waals surface area contributed by atoms with Crippen LogP contribution in [0.4, 0.5) is 14.6 Å². The first-order valence-corrected chi connectivity index (χ1v) is 8.01. The normalized spacial score (nSPS) is 10.9. The van der Waals surface area contributed by atoms with Crippen molar-refractivity contribution in [2.75, 3.05) is 12.4 Å². The number of rotatable bonds is 3. The number of nitrogens with one attached hydrogen (secondary N) is 1. The number of anilines is 1. The fourth-order valence-corrected chi connectivity index (χ4v) is 2.89. The molecule has 0 amide bonds. The zero-order chi connectivity index (χ0) is 18.1. The van der Waals surface area contributed by atoms with Crippen LogP contribution in [0.15, 0.2) is 60.9 Å². The molecule has 0 aliphatic heterocycles. The van der Waals surface area contributed by atoms with Gasteiger partial charge in [-0.1, -0.05) is 12.1 Å². The molecule has 4 aromatic rings. The Balaban J connectivity index is 2.03. The first kappa shape index (κ1) is 16.1. The first-order valence-electron chi connectivity index (χ1n) is 8.01. The van der Waals surface area contributed by atoms with E-state index in [0.29, 0.717) is 22.7 Å². The predicted octanol–water partition coefficient (Wildman–Crippen LogP) is 4.68. The molecule has 2 heterocycles. The van der Waals surface area contributed by atoms with Crippen LogP contribution in [0.1, 0.15) is 0 Å². The van der Waals surface area contributed by atoms with E-state index in [2.05, 4.69) is 20.3 Å². The number of hydrogen-bond donors (Lipinski definition) is 1. The second kappa shape index (κ2) is 6.48. The highest BCUT2D eigenvalue weighted by Crippen LogP contribution is 2.33. The number of para-hydroxylation sites is 1. The molecule has 0 aliphatic rings. The van der Waals surface area contributed by atoms with Gasteiger partial charge < -0.3 is 5.32 Å². The van der Waals surface area contributed by atoms with Gasteiger partial charge in [0.2, 0.25) is 0 Å². The lowest BCUT2D eigenvalue weighted by Crippen LogP contribution is -2.00. The first-order chi connectivity index (χ1) is 12.7. The van der Waals surface area contributed by atoms with Crippen molar-refractivity contribution in [3.8, 4) is 22.5 Å². The van der Waals surface area contributed by atoms with Crippen molar-refractivity contribution in [2.45, 2.75) is 0 Å². The minimum absolute atomic E-state index is 0.287. The summed E-state index contributed by atoms with van der Waals surface area (Å²) in [4.78, 5) is 13.3. The van der Waals surface area contributed by atoms with Gasteiger partial charge in [0.05, 0.1) is 5.52 Å². The second-order valence-electron chi connectivity index (χ2n) is 5.71. The fraction of sp³-hybridized carbons (Fsp3) is 0.0500. The highest BCUT2D eigenvalue weighted by atomic mass is 19.1. The Hall–Kier alpha value is -3.41. The minimum Gasteiger partial charge on any atom is -0.373 e. The average molecular weight is 348 g/mol. The summed E-state index contributed by atoms with van der Waals surface area (Å²) >= 11 is 0. The maximum absolute atomic E-state index is 14.4. The van der Waals surface area contributed by atoms with Gasteiger partial charge in [-0.2, -0.15) is 0 Å². The van der Waals surface area contributed by atoms with Crippen LogP contribution in [-0.2, 0) is 0 Å². The van der Waals surface area contributed by atoms with Crippen LogP contribution in [0, 0.1) is 11.6 Å². The Kier molecular flexibility index (Phi) is 4.01. The van der Waals surface area contributed by atoms with Crippen molar-refractivity contribution in [1.29, 1.82) is 0 Å². The molecule has 0 atom stereocenters. The molecule has 0 aliphatic carbocycles. The number of hydrogen-bond acceptors (Lipinski definition) is 4. The van der Waals surface area contributed by atoms with Gasteiger partial charge in [-0.3, -0.25) is 4.98 Å². The Labute approximate surface area is 148 Å². The zero-order valence-electron chi connectivity index (χ0n) is 13.9. The van der Waals surface area contributed by atoms with E-state index >= 15 is 0 Å². The standard InChI is InChI=1S/C20H14F2N4/c1-23-20-16-6-2-5-15(14-8-7-13(21)10-17(14)22)18(16)25-19(26-20)12-4-3-9-24-11-12/h2-11H,1H3,(H,23,25,26). The smallest absolute Gasteiger partial charge is 0.163 e. The third-order valence-corrected chi connectivity index (χ3v) is 4.10. The number of benzene rings is 2. The Morgan fingerprint density at radius 2 is 1.81 bits per heavy atom. The molecular weight excluding hydrogens is 334 g/mol. The highest BCUT2D eigenvalue weighted by molar-refractivity contribution is 6.00. The lowest BCUT2D eigenvalue weighted by molar-refractivity contribution is 0.585. The lowest BCUT2D eigenvalue weighted by atomic mass is 10.0. The summed E-state index contributed by atoms with van der Waals surface area (Å²) in [6.45, 7) is 0. The van der Waals surface area contributed by atoms with Crippen LogP contribution in [0.2, 0.25) is 0 Å². The zero-order valence-corrected chi connectivity index (χ0v) is 13.9. The molecular formula is C20H14F2N4. The third-order valence-electron chi connectivity index (χ3n) is 4.10. The third kappa shape index (κ3) is 2.75. The molecule has 0 radical (unpaired) electrons. The van der Waals surface area contributed by atoms with Gasteiger partial charge >= 0.3 is 0 Å². The van der Waals surface area contributed by atoms with Gasteiger partial charge in [0.1, 0.15) is 17.5 Å². The summed E-state index contributed by atoms with van der Waals surface area (Å²) in [6, 6.07) is 12.6. The van der Waals surface area contributed by atoms with E-state index in [1.54, 1.807) is 37.6 Å². The van der Waals surface area contributed by atoms with E-state index in [0.717, 1.165) is 17.0 Å². The monoisotopic (exact) mass is 348 g/mol. The number of pyridine rings is 1. The van der Waals surface area contributed by atoms with Crippen LogP contribution in [0.25, 0.3) is 33.4 Å². The molecule has 0 unspecified atom stereocenters. The van der Waals surface area contributed by atoms with Gasteiger partial charge in [0.25, 0.3) is 0 Å². The van der Waals surface area contributed by atoms with Crippen LogP contribution >= 0.6 is 0 Å². The number of halogens is 2. The van der Waals surface area contributed by atoms with Crippen LogP contribution in [-0.4, -0.2) is 22.0 Å². The quantitative estimate of drug-likeness (QED) is 0.584. The Morgan fingerprint density at radius 1 is 0.923 bits per heavy atom. The van der Waals surface area contributed by atoms with E-state index < -0.39 is 11.6 Å². The summed E-state index contributed by atoms with van der Waals surface area (Å²) < 4.78 is 27.7. The van der Waals surface area contributed by atoms with E-state index in [1.165, 1.54) is 12.1 Å². The molecule has 1 N–H and O–H groups in total. The van der Waals surface area contributed by atoms with Crippen LogP contribution in [0.3, 0.4) is 0 Å². The van der Waals surface area contributed by atoms with Gasteiger partial charge in [0.15, 0.2) is 5.82 Å². The molecule has 128 valence electrons. The maximum atomic E-state index is 14.4. The molecule has 4 nitrogen and oxygen atoms in total. The SMILES string of the molecule is CNc1nc(-c2cccnc2)nc2c(-c3ccc(F)cc3F)cccc12. The molecule has 0 fully saturated rings. The Bertz CT molecular complexity index is 1100. The highest BCUT2D eigenvalue weighted by Gasteiger charge is 2.15. The van der Waals surface area contributed by atoms with E-state index in [4.69, 9.17) is 0 Å². The van der Waals surface area contributed by atoms with E-state index in [1.807, 2.05) is 12.1 Å². The Morgan fingerprint density at radius 3 is 2.54 bits per heavy atom. The van der Waals surface area contributed by atoms with E-state index in [-0.39, 0.29) is 5.56 Å². The van der Waals surface area contributed by atoms with Crippen molar-refractivity contribution >= 4 is 16.7 Å². The molecule has 6 heteroatoms. The van der Waals surface area contributed by atoms with Crippen LogP contribution < -0.4 is 5.32 Å². The number of aromatic nitrogens is 3. The summed E-state index contributed by atoms with van der Waals surface area (Å²) in [7, 11) is 1.76. The van der Waals surface area contributed by atoms with Crippen LogP contribution in [0.5, 0.6) is 0 Å². The van der Waals surface area contributed by atoms with Crippen molar-refractivity contribution in [3.63, 3.8) is 0 Å². The minimum atomic E-state index is -0.634. The maximum Gasteiger partial charge on any atom is 0.163 e. The summed E-state index contributed by atoms with van der Waals surface area (Å²) in [5.41, 5.74) is 2.19. The van der Waals surface area contributed by atoms with Gasteiger partial charge in [-0.15, -0.1) is 0 Å². The van der Waals surface area contributed by atoms with Gasteiger partial charge in [-0.25, -0.2) is 18.7 Å². The van der Waals surface area contributed by atoms with Crippen molar-refractivity contribution in [2.24, 2.45) is 0 Å². The largest absolute Gasteiger partial charge is 0.373 e. The second-order valence-corrected chi connectivity index (χ2v) is 5.71. The van der Waals surface area contributed by atoms with Gasteiger partial charge in [-0.05, 0) is 30.3 Å². The summed E-state index contributed by atoms with van der Waals surface area (Å²) in [5.74, 6) is -0.152. The molecule has 2 aromatic carbocycles. The molecule has 4 rings (SSSR count). The molecule has 2 aromatic heterocycles. The molecule has 0 saturated heterocycles. The predicted molar refractivity (Wildman–Crippen MR) is 97.7 cm³/mol. The lowest BCUT2D eigenvalue weighted by Gasteiger charge is -2.12. The molecule has 26 heavy (non-hydrogen) atoms. The average Bonchev–Trinajstić information content (AvgIpc) is 2.67. The van der Waals surface area contributed by atoms with Crippen molar-refractivity contribution < 1.29 is 8.78 Å². The number of fused-ring (bicyclic) bond motifs is 1. The molecule has 0 bridgehead atoms.